The molecule has 2 N–H and O–H groups in total. The molecule has 2 rings (SSSR count). The summed E-state index contributed by atoms with van der Waals surface area (Å²) in [5, 5.41) is 16.0. The van der Waals surface area contributed by atoms with E-state index in [0.29, 0.717) is 19.5 Å². The number of aromatic nitrogens is 4. The molecule has 104 valence electrons. The van der Waals surface area contributed by atoms with Crippen LogP contribution in [0.5, 0.6) is 0 Å². The van der Waals surface area contributed by atoms with Gasteiger partial charge in [0.2, 0.25) is 5.91 Å². The molecule has 1 fully saturated rings. The first kappa shape index (κ1) is 13.4. The third kappa shape index (κ3) is 3.49. The molecule has 1 aromatic rings. The van der Waals surface area contributed by atoms with Crippen molar-refractivity contribution >= 4 is 11.8 Å². The van der Waals surface area contributed by atoms with Gasteiger partial charge in [-0.3, -0.25) is 9.59 Å². The fourth-order valence-electron chi connectivity index (χ4n) is 2.15. The summed E-state index contributed by atoms with van der Waals surface area (Å²) < 4.78 is 0. The normalized spacial score (nSPS) is 16.4. The molecule has 1 aromatic heterocycles. The van der Waals surface area contributed by atoms with Crippen LogP contribution in [0.4, 0.5) is 0 Å². The van der Waals surface area contributed by atoms with E-state index < -0.39 is 0 Å². The summed E-state index contributed by atoms with van der Waals surface area (Å²) in [6, 6.07) is 0.161. The Kier molecular flexibility index (Phi) is 4.43. The van der Waals surface area contributed by atoms with Gasteiger partial charge in [0.15, 0.2) is 0 Å². The van der Waals surface area contributed by atoms with Crippen LogP contribution in [0.3, 0.4) is 0 Å². The van der Waals surface area contributed by atoms with Gasteiger partial charge < -0.3 is 10.2 Å². The van der Waals surface area contributed by atoms with Crippen molar-refractivity contribution in [2.24, 2.45) is 0 Å². The third-order valence-electron chi connectivity index (χ3n) is 3.16. The molecule has 1 aliphatic rings. The van der Waals surface area contributed by atoms with Gasteiger partial charge in [0.1, 0.15) is 0 Å². The molecule has 8 heteroatoms. The number of nitrogens with one attached hydrogen (secondary N) is 2. The number of hydrogen-bond acceptors (Lipinski definition) is 5. The van der Waals surface area contributed by atoms with Crippen LogP contribution in [-0.4, -0.2) is 56.5 Å². The highest BCUT2D eigenvalue weighted by atomic mass is 16.2. The predicted molar refractivity (Wildman–Crippen MR) is 66.2 cm³/mol. The van der Waals surface area contributed by atoms with Crippen LogP contribution < -0.4 is 5.32 Å². The molecule has 19 heavy (non-hydrogen) atoms. The van der Waals surface area contributed by atoms with Gasteiger partial charge in [0, 0.05) is 25.6 Å². The van der Waals surface area contributed by atoms with E-state index in [4.69, 9.17) is 0 Å². The molecule has 2 heterocycles. The number of H-pyrrole nitrogens is 1. The SMILES string of the molecule is CCCC(=O)NC1CCN(C(=O)c2nn[nH]n2)CC1. The van der Waals surface area contributed by atoms with E-state index in [0.717, 1.165) is 19.3 Å². The quantitative estimate of drug-likeness (QED) is 0.780. The summed E-state index contributed by atoms with van der Waals surface area (Å²) in [6.07, 6.45) is 2.93. The smallest absolute Gasteiger partial charge is 0.295 e. The van der Waals surface area contributed by atoms with Crippen LogP contribution in [-0.2, 0) is 4.79 Å². The number of aromatic amines is 1. The lowest BCUT2D eigenvalue weighted by molar-refractivity contribution is -0.122. The maximum atomic E-state index is 11.9. The summed E-state index contributed by atoms with van der Waals surface area (Å²) >= 11 is 0. The van der Waals surface area contributed by atoms with Crippen LogP contribution in [0.2, 0.25) is 0 Å². The van der Waals surface area contributed by atoms with Gasteiger partial charge in [-0.25, -0.2) is 0 Å². The maximum Gasteiger partial charge on any atom is 0.295 e. The van der Waals surface area contributed by atoms with Gasteiger partial charge in [-0.1, -0.05) is 6.92 Å². The van der Waals surface area contributed by atoms with Gasteiger partial charge in [0.05, 0.1) is 0 Å². The predicted octanol–water partition coefficient (Wildman–Crippen LogP) is -0.279. The minimum atomic E-state index is -0.216. The van der Waals surface area contributed by atoms with E-state index in [2.05, 4.69) is 25.9 Å². The van der Waals surface area contributed by atoms with E-state index in [1.54, 1.807) is 4.90 Å². The second kappa shape index (κ2) is 6.26. The van der Waals surface area contributed by atoms with Gasteiger partial charge in [-0.2, -0.15) is 5.21 Å². The van der Waals surface area contributed by atoms with Gasteiger partial charge in [0.25, 0.3) is 11.7 Å². The Morgan fingerprint density at radius 1 is 1.42 bits per heavy atom. The van der Waals surface area contributed by atoms with Crippen molar-refractivity contribution in [3.8, 4) is 0 Å². The van der Waals surface area contributed by atoms with Crippen LogP contribution in [0.1, 0.15) is 43.2 Å². The van der Waals surface area contributed by atoms with E-state index in [9.17, 15) is 9.59 Å². The fraction of sp³-hybridized carbons (Fsp3) is 0.727. The number of rotatable bonds is 4. The van der Waals surface area contributed by atoms with Crippen molar-refractivity contribution in [2.45, 2.75) is 38.6 Å². The number of hydrogen-bond donors (Lipinski definition) is 2. The van der Waals surface area contributed by atoms with Crippen LogP contribution >= 0.6 is 0 Å². The molecule has 0 saturated carbocycles. The number of carbonyl (C=O) groups excluding carboxylic acids is 2. The first-order chi connectivity index (χ1) is 9.20. The second-order valence-electron chi connectivity index (χ2n) is 4.62. The summed E-state index contributed by atoms with van der Waals surface area (Å²) in [4.78, 5) is 25.1. The average molecular weight is 266 g/mol. The van der Waals surface area contributed by atoms with Crippen molar-refractivity contribution in [1.29, 1.82) is 0 Å². The topological polar surface area (TPSA) is 104 Å². The van der Waals surface area contributed by atoms with Crippen molar-refractivity contribution in [3.05, 3.63) is 5.82 Å². The summed E-state index contributed by atoms with van der Waals surface area (Å²) in [5.74, 6) is -0.0361. The Labute approximate surface area is 110 Å². The lowest BCUT2D eigenvalue weighted by Gasteiger charge is -2.31. The first-order valence-corrected chi connectivity index (χ1v) is 6.52. The lowest BCUT2D eigenvalue weighted by atomic mass is 10.0. The zero-order chi connectivity index (χ0) is 13.7. The molecule has 0 spiro atoms. The molecule has 0 aliphatic carbocycles. The Bertz CT molecular complexity index is 424. The average Bonchev–Trinajstić information content (AvgIpc) is 2.93. The molecule has 2 amide bonds. The van der Waals surface area contributed by atoms with Gasteiger partial charge >= 0.3 is 0 Å². The Balaban J connectivity index is 1.79. The van der Waals surface area contributed by atoms with Crippen molar-refractivity contribution < 1.29 is 9.59 Å². The fourth-order valence-corrected chi connectivity index (χ4v) is 2.15. The molecule has 8 nitrogen and oxygen atoms in total. The van der Waals surface area contributed by atoms with Gasteiger partial charge in [-0.05, 0) is 24.5 Å². The molecule has 0 bridgehead atoms. The summed E-state index contributed by atoms with van der Waals surface area (Å²) in [6.45, 7) is 3.18. The third-order valence-corrected chi connectivity index (χ3v) is 3.16. The van der Waals surface area contributed by atoms with E-state index >= 15 is 0 Å². The molecular formula is C11H18N6O2. The van der Waals surface area contributed by atoms with Gasteiger partial charge in [-0.15, -0.1) is 10.2 Å². The molecule has 0 radical (unpaired) electrons. The molecular weight excluding hydrogens is 248 g/mol. The number of piperidine rings is 1. The van der Waals surface area contributed by atoms with Crippen LogP contribution in [0.25, 0.3) is 0 Å². The van der Waals surface area contributed by atoms with E-state index in [-0.39, 0.29) is 23.7 Å². The van der Waals surface area contributed by atoms with Crippen molar-refractivity contribution in [2.75, 3.05) is 13.1 Å². The second-order valence-corrected chi connectivity index (χ2v) is 4.62. The Morgan fingerprint density at radius 3 is 2.74 bits per heavy atom. The Hall–Kier alpha value is -1.99. The van der Waals surface area contributed by atoms with Crippen LogP contribution in [0, 0.1) is 0 Å². The molecule has 0 aromatic carbocycles. The maximum absolute atomic E-state index is 11.9. The first-order valence-electron chi connectivity index (χ1n) is 6.52. The molecule has 1 aliphatic heterocycles. The Morgan fingerprint density at radius 2 is 2.16 bits per heavy atom. The molecule has 0 unspecified atom stereocenters. The lowest BCUT2D eigenvalue weighted by Crippen LogP contribution is -2.46. The minimum Gasteiger partial charge on any atom is -0.353 e. The number of amides is 2. The van der Waals surface area contributed by atoms with E-state index in [1.165, 1.54) is 0 Å². The largest absolute Gasteiger partial charge is 0.353 e. The summed E-state index contributed by atoms with van der Waals surface area (Å²) in [5.41, 5.74) is 0. The number of carbonyl (C=O) groups is 2. The molecule has 0 atom stereocenters. The highest BCUT2D eigenvalue weighted by Gasteiger charge is 2.26. The number of tetrazole rings is 1. The van der Waals surface area contributed by atoms with E-state index in [1.807, 2.05) is 6.92 Å². The highest BCUT2D eigenvalue weighted by molar-refractivity contribution is 5.90. The summed E-state index contributed by atoms with van der Waals surface area (Å²) in [7, 11) is 0. The van der Waals surface area contributed by atoms with Crippen LogP contribution in [0.15, 0.2) is 0 Å². The number of nitrogens with zero attached hydrogens (tertiary/aromatic N) is 4. The van der Waals surface area contributed by atoms with Crippen molar-refractivity contribution in [3.63, 3.8) is 0 Å². The van der Waals surface area contributed by atoms with Crippen molar-refractivity contribution in [1.82, 2.24) is 30.8 Å². The monoisotopic (exact) mass is 266 g/mol. The zero-order valence-electron chi connectivity index (χ0n) is 10.9. The number of likely N-dealkylation sites (tertiary alicyclic amines) is 1. The molecule has 1 saturated heterocycles. The zero-order valence-corrected chi connectivity index (χ0v) is 10.9. The standard InChI is InChI=1S/C11H18N6O2/c1-2-3-9(18)12-8-4-6-17(7-5-8)11(19)10-13-15-16-14-10/h8H,2-7H2,1H3,(H,12,18)(H,13,14,15,16). The highest BCUT2D eigenvalue weighted by Crippen LogP contribution is 2.12. The minimum absolute atomic E-state index is 0.0884.